The van der Waals surface area contributed by atoms with E-state index in [9.17, 15) is 9.59 Å². The second-order valence-corrected chi connectivity index (χ2v) is 3.56. The minimum absolute atomic E-state index is 0.154. The molecule has 0 saturated carbocycles. The van der Waals surface area contributed by atoms with Gasteiger partial charge in [0.15, 0.2) is 0 Å². The summed E-state index contributed by atoms with van der Waals surface area (Å²) in [5.74, 6) is -0.532. The molecule has 1 rings (SSSR count). The Morgan fingerprint density at radius 3 is 2.59 bits per heavy atom. The third-order valence-corrected chi connectivity index (χ3v) is 2.27. The molecule has 0 aliphatic heterocycles. The van der Waals surface area contributed by atoms with Gasteiger partial charge in [-0.1, -0.05) is 24.3 Å². The van der Waals surface area contributed by atoms with Crippen LogP contribution < -0.4 is 10.2 Å². The van der Waals surface area contributed by atoms with Gasteiger partial charge < -0.3 is 10.2 Å². The number of rotatable bonds is 5. The van der Waals surface area contributed by atoms with Crippen molar-refractivity contribution >= 4 is 17.5 Å². The molecule has 1 aromatic rings. The Morgan fingerprint density at radius 2 is 2.00 bits per heavy atom. The summed E-state index contributed by atoms with van der Waals surface area (Å²) in [5, 5.41) is 2.57. The van der Waals surface area contributed by atoms with Crippen molar-refractivity contribution in [1.82, 2.24) is 5.32 Å². The highest BCUT2D eigenvalue weighted by molar-refractivity contribution is 6.04. The van der Waals surface area contributed by atoms with E-state index in [2.05, 4.69) is 11.9 Å². The van der Waals surface area contributed by atoms with Gasteiger partial charge in [0, 0.05) is 19.3 Å². The van der Waals surface area contributed by atoms with Crippen molar-refractivity contribution in [3.05, 3.63) is 43.0 Å². The zero-order valence-electron chi connectivity index (χ0n) is 9.85. The molecule has 0 heterocycles. The molecular formula is C13H16N2O2. The Hall–Kier alpha value is -2.10. The maximum absolute atomic E-state index is 11.8. The molecule has 4 heteroatoms. The highest BCUT2D eigenvalue weighted by atomic mass is 16.2. The van der Waals surface area contributed by atoms with Crippen LogP contribution in [0.1, 0.15) is 6.42 Å². The van der Waals surface area contributed by atoms with Crippen LogP contribution >= 0.6 is 0 Å². The molecular weight excluding hydrogens is 216 g/mol. The summed E-state index contributed by atoms with van der Waals surface area (Å²) in [5.41, 5.74) is 0.772. The number of carbonyl (C=O) groups is 2. The molecule has 0 saturated heterocycles. The molecule has 2 amide bonds. The minimum atomic E-state index is -0.294. The molecule has 17 heavy (non-hydrogen) atoms. The fraction of sp³-hybridized carbons (Fsp3) is 0.231. The summed E-state index contributed by atoms with van der Waals surface area (Å²) in [6.07, 6.45) is 1.42. The van der Waals surface area contributed by atoms with E-state index in [0.717, 1.165) is 5.69 Å². The summed E-state index contributed by atoms with van der Waals surface area (Å²) in [6, 6.07) is 9.20. The van der Waals surface area contributed by atoms with Crippen molar-refractivity contribution < 1.29 is 9.59 Å². The smallest absolute Gasteiger partial charge is 0.236 e. The van der Waals surface area contributed by atoms with Crippen molar-refractivity contribution in [3.63, 3.8) is 0 Å². The van der Waals surface area contributed by atoms with Crippen molar-refractivity contribution in [1.29, 1.82) is 0 Å². The van der Waals surface area contributed by atoms with Gasteiger partial charge in [-0.15, -0.1) is 6.58 Å². The minimum Gasteiger partial charge on any atom is -0.352 e. The molecule has 0 unspecified atom stereocenters. The lowest BCUT2D eigenvalue weighted by Crippen LogP contribution is -2.33. The van der Waals surface area contributed by atoms with Crippen molar-refractivity contribution in [3.8, 4) is 0 Å². The van der Waals surface area contributed by atoms with Crippen LogP contribution in [0.4, 0.5) is 5.69 Å². The lowest BCUT2D eigenvalue weighted by Gasteiger charge is -2.16. The first-order valence-corrected chi connectivity index (χ1v) is 5.34. The first-order chi connectivity index (χ1) is 8.15. The highest BCUT2D eigenvalue weighted by Crippen LogP contribution is 2.11. The lowest BCUT2D eigenvalue weighted by atomic mass is 10.2. The number of nitrogens with one attached hydrogen (secondary N) is 1. The van der Waals surface area contributed by atoms with Crippen LogP contribution in [0.5, 0.6) is 0 Å². The standard InChI is InChI=1S/C13H16N2O2/c1-3-9-14-12(16)10-13(17)15(2)11-7-5-4-6-8-11/h3-8H,1,9-10H2,2H3,(H,14,16). The predicted octanol–water partition coefficient (Wildman–Crippen LogP) is 1.34. The van der Waals surface area contributed by atoms with Gasteiger partial charge in [-0.2, -0.15) is 0 Å². The van der Waals surface area contributed by atoms with E-state index < -0.39 is 0 Å². The van der Waals surface area contributed by atoms with Gasteiger partial charge in [-0.3, -0.25) is 9.59 Å². The number of nitrogens with zero attached hydrogens (tertiary/aromatic N) is 1. The normalized spacial score (nSPS) is 9.47. The third-order valence-electron chi connectivity index (χ3n) is 2.27. The largest absolute Gasteiger partial charge is 0.352 e. The summed E-state index contributed by atoms with van der Waals surface area (Å²) >= 11 is 0. The molecule has 0 aliphatic rings. The van der Waals surface area contributed by atoms with E-state index in [-0.39, 0.29) is 18.2 Å². The van der Waals surface area contributed by atoms with Crippen LogP contribution in [0.2, 0.25) is 0 Å². The molecule has 4 nitrogen and oxygen atoms in total. The Kier molecular flexibility index (Phi) is 4.94. The maximum Gasteiger partial charge on any atom is 0.236 e. The van der Waals surface area contributed by atoms with Gasteiger partial charge in [0.25, 0.3) is 0 Å². The molecule has 0 aromatic heterocycles. The third kappa shape index (κ3) is 4.10. The van der Waals surface area contributed by atoms with Crippen LogP contribution in [0, 0.1) is 0 Å². The number of hydrogen-bond donors (Lipinski definition) is 1. The first kappa shape index (κ1) is 13.0. The van der Waals surface area contributed by atoms with Crippen LogP contribution in [0.25, 0.3) is 0 Å². The Balaban J connectivity index is 2.53. The number of hydrogen-bond acceptors (Lipinski definition) is 2. The van der Waals surface area contributed by atoms with E-state index in [0.29, 0.717) is 6.54 Å². The number of anilines is 1. The van der Waals surface area contributed by atoms with Crippen LogP contribution in [0.15, 0.2) is 43.0 Å². The van der Waals surface area contributed by atoms with Crippen LogP contribution in [-0.2, 0) is 9.59 Å². The first-order valence-electron chi connectivity index (χ1n) is 5.34. The summed E-state index contributed by atoms with van der Waals surface area (Å²) in [4.78, 5) is 24.6. The monoisotopic (exact) mass is 232 g/mol. The molecule has 0 bridgehead atoms. The molecule has 0 spiro atoms. The number of carbonyl (C=O) groups excluding carboxylic acids is 2. The molecule has 0 fully saturated rings. The molecule has 90 valence electrons. The lowest BCUT2D eigenvalue weighted by molar-refractivity contribution is -0.127. The highest BCUT2D eigenvalue weighted by Gasteiger charge is 2.14. The quantitative estimate of drug-likeness (QED) is 0.615. The van der Waals surface area contributed by atoms with Crippen LogP contribution in [-0.4, -0.2) is 25.4 Å². The predicted molar refractivity (Wildman–Crippen MR) is 67.7 cm³/mol. The van der Waals surface area contributed by atoms with E-state index in [1.165, 1.54) is 4.90 Å². The van der Waals surface area contributed by atoms with Gasteiger partial charge >= 0.3 is 0 Å². The SMILES string of the molecule is C=CCNC(=O)CC(=O)N(C)c1ccccc1. The molecule has 0 atom stereocenters. The van der Waals surface area contributed by atoms with Crippen molar-refractivity contribution in [2.24, 2.45) is 0 Å². The van der Waals surface area contributed by atoms with Crippen molar-refractivity contribution in [2.45, 2.75) is 6.42 Å². The zero-order chi connectivity index (χ0) is 12.7. The van der Waals surface area contributed by atoms with Gasteiger partial charge in [-0.05, 0) is 12.1 Å². The maximum atomic E-state index is 11.8. The van der Waals surface area contributed by atoms with Gasteiger partial charge in [0.2, 0.25) is 11.8 Å². The fourth-order valence-electron chi connectivity index (χ4n) is 1.30. The van der Waals surface area contributed by atoms with E-state index in [4.69, 9.17) is 0 Å². The van der Waals surface area contributed by atoms with E-state index >= 15 is 0 Å². The van der Waals surface area contributed by atoms with Gasteiger partial charge in [-0.25, -0.2) is 0 Å². The second-order valence-electron chi connectivity index (χ2n) is 3.56. The summed E-state index contributed by atoms with van der Waals surface area (Å²) in [7, 11) is 1.65. The number of amides is 2. The van der Waals surface area contributed by atoms with Crippen molar-refractivity contribution in [2.75, 3.05) is 18.5 Å². The Labute approximate surface area is 101 Å². The Morgan fingerprint density at radius 1 is 1.35 bits per heavy atom. The zero-order valence-corrected chi connectivity index (χ0v) is 9.85. The second kappa shape index (κ2) is 6.48. The summed E-state index contributed by atoms with van der Waals surface area (Å²) in [6.45, 7) is 3.86. The fourth-order valence-corrected chi connectivity index (χ4v) is 1.30. The van der Waals surface area contributed by atoms with Gasteiger partial charge in [0.1, 0.15) is 6.42 Å². The average molecular weight is 232 g/mol. The summed E-state index contributed by atoms with van der Waals surface area (Å²) < 4.78 is 0. The molecule has 1 aromatic carbocycles. The molecule has 0 radical (unpaired) electrons. The average Bonchev–Trinajstić information content (AvgIpc) is 2.36. The van der Waals surface area contributed by atoms with Crippen LogP contribution in [0.3, 0.4) is 0 Å². The topological polar surface area (TPSA) is 49.4 Å². The molecule has 1 N–H and O–H groups in total. The van der Waals surface area contributed by atoms with Gasteiger partial charge in [0.05, 0.1) is 0 Å². The van der Waals surface area contributed by atoms with E-state index in [1.54, 1.807) is 13.1 Å². The Bertz CT molecular complexity index is 401. The number of para-hydroxylation sites is 1. The van der Waals surface area contributed by atoms with E-state index in [1.807, 2.05) is 30.3 Å². The molecule has 0 aliphatic carbocycles. The number of benzene rings is 1.